The van der Waals surface area contributed by atoms with Crippen LogP contribution < -0.4 is 27.4 Å². The van der Waals surface area contributed by atoms with Gasteiger partial charge in [-0.05, 0) is 25.8 Å². The Hall–Kier alpha value is -3.47. The van der Waals surface area contributed by atoms with Crippen LogP contribution in [0.2, 0.25) is 0 Å². The van der Waals surface area contributed by atoms with Gasteiger partial charge in [-0.25, -0.2) is 0 Å². The molecule has 11 heteroatoms. The molecule has 4 amide bonds. The lowest BCUT2D eigenvalue weighted by Crippen LogP contribution is -2.57. The van der Waals surface area contributed by atoms with Gasteiger partial charge in [-0.2, -0.15) is 0 Å². The van der Waals surface area contributed by atoms with Crippen molar-refractivity contribution in [3.63, 3.8) is 0 Å². The Morgan fingerprint density at radius 3 is 2.00 bits per heavy atom. The van der Waals surface area contributed by atoms with Gasteiger partial charge in [0.25, 0.3) is 0 Å². The van der Waals surface area contributed by atoms with E-state index in [4.69, 9.17) is 16.6 Å². The van der Waals surface area contributed by atoms with Gasteiger partial charge in [-0.15, -0.1) is 0 Å². The molecule has 8 N–H and O–H groups in total. The molecule has 164 valence electrons. The summed E-state index contributed by atoms with van der Waals surface area (Å²) in [7, 11) is 0. The molecule has 0 aliphatic rings. The molecule has 1 rings (SSSR count). The fourth-order valence-electron chi connectivity index (χ4n) is 2.43. The number of nitrogens with two attached hydrogens (primary N) is 2. The largest absolute Gasteiger partial charge is 0.480 e. The number of amides is 4. The molecule has 0 radical (unpaired) electrons. The van der Waals surface area contributed by atoms with Crippen molar-refractivity contribution >= 4 is 29.6 Å². The van der Waals surface area contributed by atoms with Gasteiger partial charge >= 0.3 is 5.97 Å². The van der Waals surface area contributed by atoms with E-state index in [-0.39, 0.29) is 6.42 Å². The number of carboxylic acids is 1. The van der Waals surface area contributed by atoms with Gasteiger partial charge in [0, 0.05) is 0 Å². The van der Waals surface area contributed by atoms with Crippen LogP contribution in [0, 0.1) is 0 Å². The molecular formula is C19H27N5O6. The van der Waals surface area contributed by atoms with E-state index in [1.165, 1.54) is 13.8 Å². The van der Waals surface area contributed by atoms with Gasteiger partial charge in [0.15, 0.2) is 0 Å². The Labute approximate surface area is 173 Å². The molecule has 11 nitrogen and oxygen atoms in total. The Kier molecular flexibility index (Phi) is 9.43. The Balaban J connectivity index is 2.73. The van der Waals surface area contributed by atoms with Crippen molar-refractivity contribution in [3.8, 4) is 0 Å². The topological polar surface area (TPSA) is 194 Å². The molecule has 0 spiro atoms. The van der Waals surface area contributed by atoms with E-state index in [1.54, 1.807) is 24.3 Å². The first-order valence-corrected chi connectivity index (χ1v) is 9.23. The van der Waals surface area contributed by atoms with Crippen LogP contribution in [0.4, 0.5) is 0 Å². The fraction of sp³-hybridized carbons (Fsp3) is 0.421. The van der Waals surface area contributed by atoms with Crippen LogP contribution in [-0.2, 0) is 30.4 Å². The van der Waals surface area contributed by atoms with E-state index in [2.05, 4.69) is 16.0 Å². The zero-order chi connectivity index (χ0) is 22.8. The maximum atomic E-state index is 12.5. The summed E-state index contributed by atoms with van der Waals surface area (Å²) in [6.07, 6.45) is -0.293. The summed E-state index contributed by atoms with van der Waals surface area (Å²) in [4.78, 5) is 58.9. The average Bonchev–Trinajstić information content (AvgIpc) is 2.67. The second-order valence-electron chi connectivity index (χ2n) is 6.83. The monoisotopic (exact) mass is 421 g/mol. The Morgan fingerprint density at radius 2 is 1.47 bits per heavy atom. The Morgan fingerprint density at radius 1 is 0.900 bits per heavy atom. The van der Waals surface area contributed by atoms with E-state index in [1.807, 2.05) is 6.07 Å². The highest BCUT2D eigenvalue weighted by molar-refractivity contribution is 5.96. The molecule has 0 saturated carbocycles. The number of hydrogen-bond donors (Lipinski definition) is 6. The summed E-state index contributed by atoms with van der Waals surface area (Å²) in [5.41, 5.74) is 11.8. The first-order chi connectivity index (χ1) is 14.0. The third kappa shape index (κ3) is 8.27. The average molecular weight is 421 g/mol. The highest BCUT2D eigenvalue weighted by Crippen LogP contribution is 2.03. The third-order valence-corrected chi connectivity index (χ3v) is 4.15. The molecule has 0 saturated heterocycles. The second-order valence-corrected chi connectivity index (χ2v) is 6.83. The van der Waals surface area contributed by atoms with Crippen molar-refractivity contribution in [3.05, 3.63) is 35.9 Å². The van der Waals surface area contributed by atoms with Crippen LogP contribution in [0.25, 0.3) is 0 Å². The van der Waals surface area contributed by atoms with Gasteiger partial charge in [0.1, 0.15) is 18.1 Å². The summed E-state index contributed by atoms with van der Waals surface area (Å²) in [5.74, 6) is -4.34. The number of aliphatic carboxylic acids is 1. The number of nitrogens with one attached hydrogen (secondary N) is 3. The minimum atomic E-state index is -1.34. The van der Waals surface area contributed by atoms with Crippen molar-refractivity contribution in [2.75, 3.05) is 0 Å². The van der Waals surface area contributed by atoms with Gasteiger partial charge in [0.2, 0.25) is 23.6 Å². The zero-order valence-corrected chi connectivity index (χ0v) is 16.8. The highest BCUT2D eigenvalue weighted by atomic mass is 16.4. The quantitative estimate of drug-likeness (QED) is 0.238. The first-order valence-electron chi connectivity index (χ1n) is 9.23. The summed E-state index contributed by atoms with van der Waals surface area (Å²) in [6.45, 7) is 2.59. The molecule has 0 aliphatic carbocycles. The van der Waals surface area contributed by atoms with E-state index in [0.717, 1.165) is 5.56 Å². The summed E-state index contributed by atoms with van der Waals surface area (Å²) < 4.78 is 0. The molecule has 0 fully saturated rings. The predicted molar refractivity (Wildman–Crippen MR) is 107 cm³/mol. The lowest BCUT2D eigenvalue weighted by atomic mass is 10.1. The molecule has 4 atom stereocenters. The molecule has 0 bridgehead atoms. The molecular weight excluding hydrogens is 394 g/mol. The molecule has 30 heavy (non-hydrogen) atoms. The smallest absolute Gasteiger partial charge is 0.325 e. The third-order valence-electron chi connectivity index (χ3n) is 4.15. The van der Waals surface area contributed by atoms with Gasteiger partial charge in [0.05, 0.1) is 12.5 Å². The van der Waals surface area contributed by atoms with Crippen molar-refractivity contribution < 1.29 is 29.1 Å². The van der Waals surface area contributed by atoms with Crippen molar-refractivity contribution in [2.24, 2.45) is 11.5 Å². The van der Waals surface area contributed by atoms with Crippen LogP contribution in [0.15, 0.2) is 30.3 Å². The number of rotatable bonds is 11. The molecule has 0 aliphatic heterocycles. The minimum absolute atomic E-state index is 0.212. The van der Waals surface area contributed by atoms with E-state index < -0.39 is 60.2 Å². The number of benzene rings is 1. The van der Waals surface area contributed by atoms with Crippen LogP contribution in [0.3, 0.4) is 0 Å². The van der Waals surface area contributed by atoms with Crippen molar-refractivity contribution in [1.82, 2.24) is 16.0 Å². The Bertz CT molecular complexity index is 785. The lowest BCUT2D eigenvalue weighted by Gasteiger charge is -2.22. The summed E-state index contributed by atoms with van der Waals surface area (Å²) in [5, 5.41) is 15.7. The fourth-order valence-corrected chi connectivity index (χ4v) is 2.43. The maximum absolute atomic E-state index is 12.5. The molecule has 0 heterocycles. The molecule has 1 aromatic rings. The second kappa shape index (κ2) is 11.5. The first kappa shape index (κ1) is 24.6. The van der Waals surface area contributed by atoms with Crippen molar-refractivity contribution in [2.45, 2.75) is 50.9 Å². The van der Waals surface area contributed by atoms with Crippen LogP contribution >= 0.6 is 0 Å². The van der Waals surface area contributed by atoms with E-state index in [9.17, 15) is 24.0 Å². The van der Waals surface area contributed by atoms with Gasteiger partial charge < -0.3 is 32.5 Å². The van der Waals surface area contributed by atoms with Crippen LogP contribution in [-0.4, -0.2) is 58.9 Å². The SMILES string of the molecule is CC(NC(=O)C(C)NC(=O)C(CC(N)=O)NC(=O)C(N)Cc1ccccc1)C(=O)O. The van der Waals surface area contributed by atoms with Crippen LogP contribution in [0.1, 0.15) is 25.8 Å². The molecule has 4 unspecified atom stereocenters. The molecule has 1 aromatic carbocycles. The number of carbonyl (C=O) groups is 5. The van der Waals surface area contributed by atoms with E-state index >= 15 is 0 Å². The summed E-state index contributed by atoms with van der Waals surface area (Å²) in [6, 6.07) is 4.38. The lowest BCUT2D eigenvalue weighted by molar-refractivity contribution is -0.141. The number of primary amides is 1. The van der Waals surface area contributed by atoms with Gasteiger partial charge in [-0.1, -0.05) is 30.3 Å². The predicted octanol–water partition coefficient (Wildman–Crippen LogP) is -1.99. The number of carboxylic acid groups (broad SMARTS) is 1. The summed E-state index contributed by atoms with van der Waals surface area (Å²) >= 11 is 0. The van der Waals surface area contributed by atoms with Crippen molar-refractivity contribution in [1.29, 1.82) is 0 Å². The van der Waals surface area contributed by atoms with E-state index in [0.29, 0.717) is 0 Å². The standard InChI is InChI=1S/C19H27N5O6/c1-10(16(26)23-11(2)19(29)30)22-18(28)14(9-15(21)25)24-17(27)13(20)8-12-6-4-3-5-7-12/h3-7,10-11,13-14H,8-9,20H2,1-2H3,(H2,21,25)(H,22,28)(H,23,26)(H,24,27)(H,29,30). The number of hydrogen-bond acceptors (Lipinski definition) is 6. The highest BCUT2D eigenvalue weighted by Gasteiger charge is 2.28. The zero-order valence-electron chi connectivity index (χ0n) is 16.8. The number of carbonyl (C=O) groups excluding carboxylic acids is 4. The maximum Gasteiger partial charge on any atom is 0.325 e. The molecule has 0 aromatic heterocycles. The van der Waals surface area contributed by atoms with Gasteiger partial charge in [-0.3, -0.25) is 24.0 Å². The normalized spacial score (nSPS) is 14.5. The van der Waals surface area contributed by atoms with Crippen LogP contribution in [0.5, 0.6) is 0 Å². The minimum Gasteiger partial charge on any atom is -0.480 e.